The molecule has 2 aromatic carbocycles. The summed E-state index contributed by atoms with van der Waals surface area (Å²) in [5.41, 5.74) is 4.36. The SMILES string of the molecule is CCOc1ccc([C@@H]2C(C(=O)OCCOC)=C(C)NC3=C2C(=O)C[C@H](c2ccc(OC)c(OC)c2)C3)cc1. The molecular formula is C30H35NO7. The summed E-state index contributed by atoms with van der Waals surface area (Å²) in [5.74, 6) is 0.930. The van der Waals surface area contributed by atoms with Crippen LogP contribution in [0.15, 0.2) is 65.0 Å². The average molecular weight is 522 g/mol. The van der Waals surface area contributed by atoms with Crippen molar-refractivity contribution in [3.05, 3.63) is 76.1 Å². The fraction of sp³-hybridized carbons (Fsp3) is 0.400. The number of benzene rings is 2. The van der Waals surface area contributed by atoms with E-state index in [-0.39, 0.29) is 18.3 Å². The number of dihydropyridines is 1. The van der Waals surface area contributed by atoms with Gasteiger partial charge in [-0.05, 0) is 61.6 Å². The Bertz CT molecular complexity index is 1250. The molecule has 1 aliphatic carbocycles. The summed E-state index contributed by atoms with van der Waals surface area (Å²) in [4.78, 5) is 27.1. The van der Waals surface area contributed by atoms with E-state index in [4.69, 9.17) is 23.7 Å². The molecule has 1 heterocycles. The van der Waals surface area contributed by atoms with E-state index in [0.717, 1.165) is 22.6 Å². The van der Waals surface area contributed by atoms with Gasteiger partial charge in [-0.1, -0.05) is 18.2 Å². The number of carbonyl (C=O) groups is 2. The van der Waals surface area contributed by atoms with Gasteiger partial charge < -0.3 is 29.0 Å². The molecule has 0 saturated heterocycles. The predicted molar refractivity (Wildman–Crippen MR) is 143 cm³/mol. The summed E-state index contributed by atoms with van der Waals surface area (Å²) in [6, 6.07) is 13.3. The fourth-order valence-electron chi connectivity index (χ4n) is 5.20. The van der Waals surface area contributed by atoms with Crippen LogP contribution < -0.4 is 19.5 Å². The zero-order chi connectivity index (χ0) is 27.2. The second-order valence-electron chi connectivity index (χ2n) is 9.26. The number of carbonyl (C=O) groups excluding carboxylic acids is 2. The molecule has 2 atom stereocenters. The van der Waals surface area contributed by atoms with Crippen molar-refractivity contribution in [2.24, 2.45) is 0 Å². The van der Waals surface area contributed by atoms with Crippen LogP contribution in [-0.2, 0) is 19.1 Å². The molecule has 0 unspecified atom stereocenters. The van der Waals surface area contributed by atoms with Gasteiger partial charge in [0, 0.05) is 36.4 Å². The van der Waals surface area contributed by atoms with Gasteiger partial charge in [-0.15, -0.1) is 0 Å². The molecular weight excluding hydrogens is 486 g/mol. The Morgan fingerprint density at radius 2 is 1.66 bits per heavy atom. The summed E-state index contributed by atoms with van der Waals surface area (Å²) < 4.78 is 27.0. The van der Waals surface area contributed by atoms with Crippen LogP contribution in [0, 0.1) is 0 Å². The number of hydrogen-bond acceptors (Lipinski definition) is 8. The minimum atomic E-state index is -0.546. The Labute approximate surface area is 223 Å². The molecule has 0 radical (unpaired) electrons. The zero-order valence-corrected chi connectivity index (χ0v) is 22.6. The van der Waals surface area contributed by atoms with E-state index >= 15 is 0 Å². The molecule has 0 aromatic heterocycles. The van der Waals surface area contributed by atoms with Crippen LogP contribution >= 0.6 is 0 Å². The maximum atomic E-state index is 13.8. The Morgan fingerprint density at radius 1 is 0.947 bits per heavy atom. The quantitative estimate of drug-likeness (QED) is 0.357. The second-order valence-corrected chi connectivity index (χ2v) is 9.26. The van der Waals surface area contributed by atoms with E-state index in [1.54, 1.807) is 21.3 Å². The number of allylic oxidation sites excluding steroid dienone is 3. The van der Waals surface area contributed by atoms with Gasteiger partial charge in [-0.2, -0.15) is 0 Å². The number of rotatable bonds is 10. The molecule has 0 amide bonds. The summed E-state index contributed by atoms with van der Waals surface area (Å²) in [7, 11) is 4.74. The highest BCUT2D eigenvalue weighted by molar-refractivity contribution is 6.04. The normalized spacial score (nSPS) is 19.0. The summed E-state index contributed by atoms with van der Waals surface area (Å²) >= 11 is 0. The summed E-state index contributed by atoms with van der Waals surface area (Å²) in [5, 5.41) is 3.38. The van der Waals surface area contributed by atoms with Gasteiger partial charge in [0.2, 0.25) is 0 Å². The summed E-state index contributed by atoms with van der Waals surface area (Å²) in [6.07, 6.45) is 0.933. The lowest BCUT2D eigenvalue weighted by molar-refractivity contribution is -0.140. The number of ketones is 1. The van der Waals surface area contributed by atoms with Crippen LogP contribution in [0.25, 0.3) is 0 Å². The lowest BCUT2D eigenvalue weighted by atomic mass is 9.71. The molecule has 4 rings (SSSR count). The molecule has 0 fully saturated rings. The third-order valence-electron chi connectivity index (χ3n) is 6.97. The van der Waals surface area contributed by atoms with Gasteiger partial charge in [-0.25, -0.2) is 4.79 Å². The molecule has 38 heavy (non-hydrogen) atoms. The van der Waals surface area contributed by atoms with Crippen molar-refractivity contribution in [2.45, 2.75) is 38.5 Å². The van der Waals surface area contributed by atoms with Crippen LogP contribution in [0.2, 0.25) is 0 Å². The van der Waals surface area contributed by atoms with Gasteiger partial charge >= 0.3 is 5.97 Å². The van der Waals surface area contributed by atoms with E-state index in [0.29, 0.717) is 54.4 Å². The molecule has 1 aliphatic heterocycles. The van der Waals surface area contributed by atoms with Crippen molar-refractivity contribution in [1.29, 1.82) is 0 Å². The molecule has 2 aromatic rings. The van der Waals surface area contributed by atoms with Crippen molar-refractivity contribution in [3.63, 3.8) is 0 Å². The first-order valence-corrected chi connectivity index (χ1v) is 12.8. The number of esters is 1. The highest BCUT2D eigenvalue weighted by Gasteiger charge is 2.41. The predicted octanol–water partition coefficient (Wildman–Crippen LogP) is 4.65. The van der Waals surface area contributed by atoms with Crippen molar-refractivity contribution >= 4 is 11.8 Å². The van der Waals surface area contributed by atoms with Gasteiger partial charge in [0.25, 0.3) is 0 Å². The molecule has 0 saturated carbocycles. The molecule has 2 aliphatic rings. The third-order valence-corrected chi connectivity index (χ3v) is 6.97. The zero-order valence-electron chi connectivity index (χ0n) is 22.6. The Morgan fingerprint density at radius 3 is 2.32 bits per heavy atom. The monoisotopic (exact) mass is 521 g/mol. The molecule has 8 nitrogen and oxygen atoms in total. The molecule has 8 heteroatoms. The minimum Gasteiger partial charge on any atom is -0.494 e. The Kier molecular flexibility index (Phi) is 8.73. The second kappa shape index (κ2) is 12.2. The smallest absolute Gasteiger partial charge is 0.336 e. The van der Waals surface area contributed by atoms with E-state index in [1.807, 2.05) is 56.3 Å². The molecule has 1 N–H and O–H groups in total. The van der Waals surface area contributed by atoms with Crippen LogP contribution in [0.1, 0.15) is 49.7 Å². The maximum absolute atomic E-state index is 13.8. The number of methoxy groups -OCH3 is 3. The van der Waals surface area contributed by atoms with Gasteiger partial charge in [0.05, 0.1) is 33.0 Å². The maximum Gasteiger partial charge on any atom is 0.336 e. The van der Waals surface area contributed by atoms with Crippen molar-refractivity contribution in [3.8, 4) is 17.2 Å². The highest BCUT2D eigenvalue weighted by Crippen LogP contribution is 2.46. The van der Waals surface area contributed by atoms with Crippen molar-refractivity contribution in [2.75, 3.05) is 41.2 Å². The molecule has 202 valence electrons. The van der Waals surface area contributed by atoms with E-state index in [1.165, 1.54) is 0 Å². The lowest BCUT2D eigenvalue weighted by Crippen LogP contribution is -2.36. The van der Waals surface area contributed by atoms with Gasteiger partial charge in [0.15, 0.2) is 17.3 Å². The average Bonchev–Trinajstić information content (AvgIpc) is 2.92. The standard InChI is InChI=1S/C30H35NO7/c1-6-37-22-10-7-19(8-11-22)28-27(30(33)38-14-13-34-3)18(2)31-23-15-21(16-24(32)29(23)28)20-9-12-25(35-4)26(17-20)36-5/h7-12,17,21,28,31H,6,13-16H2,1-5H3/t21-,28-/m1/s1. The van der Waals surface area contributed by atoms with Gasteiger partial charge in [0.1, 0.15) is 12.4 Å². The topological polar surface area (TPSA) is 92.3 Å². The Balaban J connectivity index is 1.73. The van der Waals surface area contributed by atoms with E-state index in [2.05, 4.69) is 5.32 Å². The van der Waals surface area contributed by atoms with Crippen molar-refractivity contribution < 1.29 is 33.3 Å². The first kappa shape index (κ1) is 27.3. The Hall–Kier alpha value is -3.78. The van der Waals surface area contributed by atoms with Crippen molar-refractivity contribution in [1.82, 2.24) is 5.32 Å². The fourth-order valence-corrected chi connectivity index (χ4v) is 5.20. The number of ether oxygens (including phenoxy) is 5. The third kappa shape index (κ3) is 5.55. The number of Topliss-reactive ketones (excluding diaryl/α,β-unsaturated/α-hetero) is 1. The minimum absolute atomic E-state index is 0.00730. The summed E-state index contributed by atoms with van der Waals surface area (Å²) in [6.45, 7) is 4.74. The van der Waals surface area contributed by atoms with Crippen LogP contribution in [0.5, 0.6) is 17.2 Å². The largest absolute Gasteiger partial charge is 0.494 e. The van der Waals surface area contributed by atoms with Crippen LogP contribution in [0.3, 0.4) is 0 Å². The molecule has 0 bridgehead atoms. The number of hydrogen-bond donors (Lipinski definition) is 1. The van der Waals surface area contributed by atoms with E-state index < -0.39 is 11.9 Å². The number of nitrogens with one attached hydrogen (secondary N) is 1. The first-order chi connectivity index (χ1) is 18.4. The van der Waals surface area contributed by atoms with Gasteiger partial charge in [-0.3, -0.25) is 4.79 Å². The highest BCUT2D eigenvalue weighted by atomic mass is 16.6. The van der Waals surface area contributed by atoms with Crippen LogP contribution in [0.4, 0.5) is 0 Å². The van der Waals surface area contributed by atoms with Crippen LogP contribution in [-0.4, -0.2) is 52.9 Å². The first-order valence-electron chi connectivity index (χ1n) is 12.8. The molecule has 0 spiro atoms. The van der Waals surface area contributed by atoms with E-state index in [9.17, 15) is 9.59 Å². The lowest BCUT2D eigenvalue weighted by Gasteiger charge is -2.36.